The molecule has 1 saturated heterocycles. The first-order chi connectivity index (χ1) is 12.4. The molecule has 1 aliphatic heterocycles. The highest BCUT2D eigenvalue weighted by atomic mass is 32.2. The van der Waals surface area contributed by atoms with Gasteiger partial charge in [0.1, 0.15) is 5.01 Å². The summed E-state index contributed by atoms with van der Waals surface area (Å²) in [6.45, 7) is 4.77. The van der Waals surface area contributed by atoms with Gasteiger partial charge < -0.3 is 5.32 Å². The number of rotatable bonds is 5. The van der Waals surface area contributed by atoms with Gasteiger partial charge in [0.15, 0.2) is 0 Å². The average molecular weight is 394 g/mol. The molecule has 1 aromatic carbocycles. The molecule has 3 rings (SSSR count). The summed E-state index contributed by atoms with van der Waals surface area (Å²) in [4.78, 5) is 16.8. The van der Waals surface area contributed by atoms with E-state index in [0.29, 0.717) is 18.7 Å². The maximum Gasteiger partial charge on any atom is 0.251 e. The molecule has 0 spiro atoms. The average Bonchev–Trinajstić information content (AvgIpc) is 3.05. The second-order valence-corrected chi connectivity index (χ2v) is 9.38. The van der Waals surface area contributed by atoms with Gasteiger partial charge in [-0.1, -0.05) is 6.42 Å². The van der Waals surface area contributed by atoms with Crippen LogP contribution in [0.3, 0.4) is 0 Å². The van der Waals surface area contributed by atoms with E-state index >= 15 is 0 Å². The minimum Gasteiger partial charge on any atom is -0.346 e. The van der Waals surface area contributed by atoms with Gasteiger partial charge in [-0.25, -0.2) is 13.4 Å². The molecule has 1 atom stereocenters. The Morgan fingerprint density at radius 3 is 2.65 bits per heavy atom. The van der Waals surface area contributed by atoms with Gasteiger partial charge in [-0.05, 0) is 51.0 Å². The fourth-order valence-electron chi connectivity index (χ4n) is 3.08. The van der Waals surface area contributed by atoms with Crippen molar-refractivity contribution in [1.29, 1.82) is 0 Å². The van der Waals surface area contributed by atoms with Crippen LogP contribution >= 0.6 is 11.3 Å². The van der Waals surface area contributed by atoms with Crippen molar-refractivity contribution < 1.29 is 13.2 Å². The number of thiazole rings is 1. The van der Waals surface area contributed by atoms with E-state index in [0.717, 1.165) is 30.0 Å². The molecule has 2 aromatic rings. The third-order valence-electron chi connectivity index (χ3n) is 4.53. The zero-order valence-electron chi connectivity index (χ0n) is 14.9. The molecular formula is C18H23N3O3S2. The molecule has 6 nitrogen and oxygen atoms in total. The summed E-state index contributed by atoms with van der Waals surface area (Å²) in [6, 6.07) is 6.16. The van der Waals surface area contributed by atoms with Crippen molar-refractivity contribution in [2.75, 3.05) is 6.54 Å². The minimum absolute atomic E-state index is 0.0125. The number of benzene rings is 1. The van der Waals surface area contributed by atoms with E-state index in [1.54, 1.807) is 16.4 Å². The zero-order valence-corrected chi connectivity index (χ0v) is 16.6. The SMILES string of the molecule is Cc1csc(CNC(=O)c2ccc(S(=O)(=O)N3CCCCC3C)cc2)n1. The van der Waals surface area contributed by atoms with Gasteiger partial charge in [-0.3, -0.25) is 4.79 Å². The lowest BCUT2D eigenvalue weighted by atomic mass is 10.1. The van der Waals surface area contributed by atoms with Gasteiger partial charge in [0.2, 0.25) is 10.0 Å². The topological polar surface area (TPSA) is 79.4 Å². The number of nitrogens with zero attached hydrogens (tertiary/aromatic N) is 2. The predicted octanol–water partition coefficient (Wildman–Crippen LogP) is 2.94. The fraction of sp³-hybridized carbons (Fsp3) is 0.444. The molecule has 2 heterocycles. The van der Waals surface area contributed by atoms with Crippen molar-refractivity contribution in [3.8, 4) is 0 Å². The van der Waals surface area contributed by atoms with Crippen molar-refractivity contribution in [3.05, 3.63) is 45.9 Å². The monoisotopic (exact) mass is 393 g/mol. The molecule has 26 heavy (non-hydrogen) atoms. The maximum atomic E-state index is 12.8. The Kier molecular flexibility index (Phi) is 5.74. The number of aromatic nitrogens is 1. The van der Waals surface area contributed by atoms with E-state index in [1.165, 1.54) is 23.5 Å². The minimum atomic E-state index is -3.51. The quantitative estimate of drug-likeness (QED) is 0.847. The number of carbonyl (C=O) groups is 1. The van der Waals surface area contributed by atoms with Crippen LogP contribution in [0.25, 0.3) is 0 Å². The second kappa shape index (κ2) is 7.85. The number of hydrogen-bond donors (Lipinski definition) is 1. The molecule has 0 bridgehead atoms. The van der Waals surface area contributed by atoms with Gasteiger partial charge in [-0.15, -0.1) is 11.3 Å². The predicted molar refractivity (Wildman–Crippen MR) is 102 cm³/mol. The van der Waals surface area contributed by atoms with Crippen LogP contribution in [0.5, 0.6) is 0 Å². The van der Waals surface area contributed by atoms with Crippen molar-refractivity contribution >= 4 is 27.3 Å². The van der Waals surface area contributed by atoms with Crippen LogP contribution in [0.1, 0.15) is 47.2 Å². The van der Waals surface area contributed by atoms with Crippen LogP contribution < -0.4 is 5.32 Å². The van der Waals surface area contributed by atoms with E-state index in [1.807, 2.05) is 19.2 Å². The Labute approximate surface area is 158 Å². The molecule has 1 aliphatic rings. The normalized spacial score (nSPS) is 18.6. The van der Waals surface area contributed by atoms with E-state index in [9.17, 15) is 13.2 Å². The summed E-state index contributed by atoms with van der Waals surface area (Å²) in [5.74, 6) is -0.242. The fourth-order valence-corrected chi connectivity index (χ4v) is 5.50. The number of piperidine rings is 1. The summed E-state index contributed by atoms with van der Waals surface area (Å²) in [7, 11) is -3.51. The van der Waals surface area contributed by atoms with Crippen LogP contribution in [0.15, 0.2) is 34.5 Å². The highest BCUT2D eigenvalue weighted by Crippen LogP contribution is 2.25. The van der Waals surface area contributed by atoms with Crippen LogP contribution in [0.2, 0.25) is 0 Å². The Morgan fingerprint density at radius 2 is 2.04 bits per heavy atom. The second-order valence-electron chi connectivity index (χ2n) is 6.55. The molecule has 0 aliphatic carbocycles. The van der Waals surface area contributed by atoms with Gasteiger partial charge in [0.25, 0.3) is 5.91 Å². The third kappa shape index (κ3) is 4.13. The highest BCUT2D eigenvalue weighted by Gasteiger charge is 2.30. The largest absolute Gasteiger partial charge is 0.346 e. The van der Waals surface area contributed by atoms with E-state index in [4.69, 9.17) is 0 Å². The summed E-state index contributed by atoms with van der Waals surface area (Å²) >= 11 is 1.50. The first-order valence-corrected chi connectivity index (χ1v) is 11.0. The number of aryl methyl sites for hydroxylation is 1. The summed E-state index contributed by atoms with van der Waals surface area (Å²) in [5.41, 5.74) is 1.37. The molecular weight excluding hydrogens is 370 g/mol. The maximum absolute atomic E-state index is 12.8. The van der Waals surface area contributed by atoms with Gasteiger partial charge in [0, 0.05) is 29.2 Å². The molecule has 8 heteroatoms. The molecule has 1 unspecified atom stereocenters. The van der Waals surface area contributed by atoms with Gasteiger partial charge >= 0.3 is 0 Å². The third-order valence-corrected chi connectivity index (χ3v) is 7.53. The summed E-state index contributed by atoms with van der Waals surface area (Å²) in [6.07, 6.45) is 2.83. The van der Waals surface area contributed by atoms with Crippen LogP contribution in [0.4, 0.5) is 0 Å². The molecule has 140 valence electrons. The Hall–Kier alpha value is -1.77. The number of nitrogens with one attached hydrogen (secondary N) is 1. The molecule has 0 radical (unpaired) electrons. The molecule has 1 amide bonds. The molecule has 1 fully saturated rings. The standard InChI is InChI=1S/C18H23N3O3S2/c1-13-12-25-17(20-13)11-19-18(22)15-6-8-16(9-7-15)26(23,24)21-10-4-3-5-14(21)2/h6-9,12,14H,3-5,10-11H2,1-2H3,(H,19,22). The summed E-state index contributed by atoms with van der Waals surface area (Å²) < 4.78 is 27.2. The van der Waals surface area contributed by atoms with Crippen molar-refractivity contribution in [2.45, 2.75) is 50.6 Å². The molecule has 0 saturated carbocycles. The van der Waals surface area contributed by atoms with Crippen molar-refractivity contribution in [1.82, 2.24) is 14.6 Å². The van der Waals surface area contributed by atoms with Gasteiger partial charge in [-0.2, -0.15) is 4.31 Å². The Bertz CT molecular complexity index is 875. The molecule has 1 aromatic heterocycles. The lowest BCUT2D eigenvalue weighted by molar-refractivity contribution is 0.0950. The first-order valence-electron chi connectivity index (χ1n) is 8.69. The number of hydrogen-bond acceptors (Lipinski definition) is 5. The molecule has 1 N–H and O–H groups in total. The van der Waals surface area contributed by atoms with E-state index in [-0.39, 0.29) is 16.8 Å². The first kappa shape index (κ1) is 19.0. The highest BCUT2D eigenvalue weighted by molar-refractivity contribution is 7.89. The van der Waals surface area contributed by atoms with Crippen molar-refractivity contribution in [3.63, 3.8) is 0 Å². The Morgan fingerprint density at radius 1 is 1.31 bits per heavy atom. The van der Waals surface area contributed by atoms with Gasteiger partial charge in [0.05, 0.1) is 11.4 Å². The zero-order chi connectivity index (χ0) is 18.7. The Balaban J connectivity index is 1.68. The summed E-state index contributed by atoms with van der Waals surface area (Å²) in [5, 5.41) is 5.58. The van der Waals surface area contributed by atoms with E-state index in [2.05, 4.69) is 10.3 Å². The lowest BCUT2D eigenvalue weighted by Crippen LogP contribution is -2.41. The number of amides is 1. The van der Waals surface area contributed by atoms with Crippen LogP contribution in [-0.4, -0.2) is 36.2 Å². The number of carbonyl (C=O) groups excluding carboxylic acids is 1. The van der Waals surface area contributed by atoms with Crippen LogP contribution in [0, 0.1) is 6.92 Å². The number of sulfonamides is 1. The van der Waals surface area contributed by atoms with Crippen LogP contribution in [-0.2, 0) is 16.6 Å². The van der Waals surface area contributed by atoms with E-state index < -0.39 is 10.0 Å². The van der Waals surface area contributed by atoms with Crippen molar-refractivity contribution in [2.24, 2.45) is 0 Å². The smallest absolute Gasteiger partial charge is 0.251 e. The lowest BCUT2D eigenvalue weighted by Gasteiger charge is -2.32.